The van der Waals surface area contributed by atoms with Gasteiger partial charge >= 0.3 is 0 Å². The van der Waals surface area contributed by atoms with Crippen LogP contribution in [0.2, 0.25) is 0 Å². The van der Waals surface area contributed by atoms with Crippen molar-refractivity contribution in [3.8, 4) is 0 Å². The van der Waals surface area contributed by atoms with Crippen molar-refractivity contribution in [2.45, 2.75) is 39.0 Å². The number of ketones is 1. The van der Waals surface area contributed by atoms with Crippen molar-refractivity contribution in [3.63, 3.8) is 0 Å². The van der Waals surface area contributed by atoms with E-state index >= 15 is 0 Å². The number of carbonyl (C=O) groups excluding carboxylic acids is 2. The van der Waals surface area contributed by atoms with Crippen molar-refractivity contribution in [2.75, 3.05) is 20.8 Å². The number of carbonyl (C=O) groups is 2. The molecule has 0 bridgehead atoms. The summed E-state index contributed by atoms with van der Waals surface area (Å²) in [5.74, 6) is -0.243. The molecule has 0 rings (SSSR count). The Kier molecular flexibility index (Phi) is 8.81. The van der Waals surface area contributed by atoms with Crippen LogP contribution in [0, 0.1) is 5.92 Å². The van der Waals surface area contributed by atoms with Gasteiger partial charge in [0.05, 0.1) is 0 Å². The summed E-state index contributed by atoms with van der Waals surface area (Å²) in [6.45, 7) is 2.21. The highest BCUT2D eigenvalue weighted by molar-refractivity contribution is 5.87. The van der Waals surface area contributed by atoms with E-state index in [1.54, 1.807) is 7.05 Å². The van der Waals surface area contributed by atoms with Gasteiger partial charge in [-0.15, -0.1) is 0 Å². The predicted molar refractivity (Wildman–Crippen MR) is 63.2 cm³/mol. The molecule has 4 heteroatoms. The number of Topliss-reactive ketones (excluding diaryl/α,β-unsaturated/α-hetero) is 1. The third-order valence-electron chi connectivity index (χ3n) is 2.55. The molecule has 0 saturated carbocycles. The van der Waals surface area contributed by atoms with Gasteiger partial charge in [0.2, 0.25) is 5.91 Å². The SMILES string of the molecule is CCCCCC(CC(=O)COC)C(=O)NC. The van der Waals surface area contributed by atoms with Gasteiger partial charge in [0.15, 0.2) is 5.78 Å². The molecule has 0 aliphatic heterocycles. The largest absolute Gasteiger partial charge is 0.377 e. The van der Waals surface area contributed by atoms with E-state index in [1.807, 2.05) is 0 Å². The van der Waals surface area contributed by atoms with Crippen molar-refractivity contribution >= 4 is 11.7 Å². The second kappa shape index (κ2) is 9.33. The molecule has 0 aromatic rings. The van der Waals surface area contributed by atoms with E-state index in [0.29, 0.717) is 0 Å². The fourth-order valence-corrected chi connectivity index (χ4v) is 1.67. The smallest absolute Gasteiger partial charge is 0.223 e. The van der Waals surface area contributed by atoms with E-state index in [2.05, 4.69) is 12.2 Å². The third kappa shape index (κ3) is 6.56. The Morgan fingerprint density at radius 2 is 2.00 bits per heavy atom. The molecule has 0 aliphatic rings. The van der Waals surface area contributed by atoms with Gasteiger partial charge < -0.3 is 10.1 Å². The van der Waals surface area contributed by atoms with E-state index in [9.17, 15) is 9.59 Å². The summed E-state index contributed by atoms with van der Waals surface area (Å²) < 4.78 is 4.76. The van der Waals surface area contributed by atoms with Crippen molar-refractivity contribution in [2.24, 2.45) is 5.92 Å². The molecular weight excluding hydrogens is 206 g/mol. The number of rotatable bonds is 9. The molecule has 1 amide bonds. The Bertz CT molecular complexity index is 216. The third-order valence-corrected chi connectivity index (χ3v) is 2.55. The first-order valence-corrected chi connectivity index (χ1v) is 5.87. The molecule has 0 radical (unpaired) electrons. The van der Waals surface area contributed by atoms with E-state index in [-0.39, 0.29) is 30.6 Å². The molecule has 0 aliphatic carbocycles. The summed E-state index contributed by atoms with van der Waals surface area (Å²) in [5, 5.41) is 2.61. The normalized spacial score (nSPS) is 12.2. The molecule has 1 unspecified atom stereocenters. The van der Waals surface area contributed by atoms with E-state index in [4.69, 9.17) is 4.74 Å². The molecule has 94 valence electrons. The highest BCUT2D eigenvalue weighted by Gasteiger charge is 2.20. The molecule has 0 saturated heterocycles. The average Bonchev–Trinajstić information content (AvgIpc) is 2.27. The van der Waals surface area contributed by atoms with Crippen molar-refractivity contribution < 1.29 is 14.3 Å². The standard InChI is InChI=1S/C12H23NO3/c1-4-5-6-7-10(12(15)13-2)8-11(14)9-16-3/h10H,4-9H2,1-3H3,(H,13,15). The average molecular weight is 229 g/mol. The van der Waals surface area contributed by atoms with Crippen molar-refractivity contribution in [1.82, 2.24) is 5.32 Å². The van der Waals surface area contributed by atoms with Gasteiger partial charge in [-0.2, -0.15) is 0 Å². The van der Waals surface area contributed by atoms with Crippen LogP contribution in [0.25, 0.3) is 0 Å². The summed E-state index contributed by atoms with van der Waals surface area (Å²) in [6, 6.07) is 0. The van der Waals surface area contributed by atoms with Gasteiger partial charge in [-0.05, 0) is 6.42 Å². The molecule has 1 N–H and O–H groups in total. The van der Waals surface area contributed by atoms with Crippen LogP contribution in [0.4, 0.5) is 0 Å². The van der Waals surface area contributed by atoms with Crippen LogP contribution in [0.3, 0.4) is 0 Å². The molecule has 0 fully saturated rings. The fraction of sp³-hybridized carbons (Fsp3) is 0.833. The maximum absolute atomic E-state index is 11.5. The summed E-state index contributed by atoms with van der Waals surface area (Å²) >= 11 is 0. The number of ether oxygens (including phenoxy) is 1. The van der Waals surface area contributed by atoms with Gasteiger partial charge in [-0.3, -0.25) is 9.59 Å². The van der Waals surface area contributed by atoms with Gasteiger partial charge in [0, 0.05) is 26.5 Å². The van der Waals surface area contributed by atoms with Crippen LogP contribution >= 0.6 is 0 Å². The first-order valence-electron chi connectivity index (χ1n) is 5.87. The van der Waals surface area contributed by atoms with E-state index in [0.717, 1.165) is 25.7 Å². The molecule has 0 aromatic heterocycles. The van der Waals surface area contributed by atoms with Crippen LogP contribution in [0.15, 0.2) is 0 Å². The number of methoxy groups -OCH3 is 1. The van der Waals surface area contributed by atoms with Gasteiger partial charge in [0.1, 0.15) is 6.61 Å². The summed E-state index contributed by atoms with van der Waals surface area (Å²) in [7, 11) is 3.10. The second-order valence-electron chi connectivity index (χ2n) is 3.98. The Morgan fingerprint density at radius 3 is 2.50 bits per heavy atom. The lowest BCUT2D eigenvalue weighted by Crippen LogP contribution is -2.30. The van der Waals surface area contributed by atoms with Gasteiger partial charge in [-0.1, -0.05) is 26.2 Å². The molecule has 16 heavy (non-hydrogen) atoms. The molecule has 0 aromatic carbocycles. The van der Waals surface area contributed by atoms with Crippen LogP contribution in [-0.4, -0.2) is 32.5 Å². The fourth-order valence-electron chi connectivity index (χ4n) is 1.67. The summed E-state index contributed by atoms with van der Waals surface area (Å²) in [6.07, 6.45) is 4.29. The van der Waals surface area contributed by atoms with Crippen molar-refractivity contribution in [1.29, 1.82) is 0 Å². The number of hydrogen-bond donors (Lipinski definition) is 1. The molecule has 0 heterocycles. The van der Waals surface area contributed by atoms with E-state index in [1.165, 1.54) is 7.11 Å². The number of nitrogens with one attached hydrogen (secondary N) is 1. The van der Waals surface area contributed by atoms with Gasteiger partial charge in [0.25, 0.3) is 0 Å². The van der Waals surface area contributed by atoms with Crippen LogP contribution in [0.1, 0.15) is 39.0 Å². The highest BCUT2D eigenvalue weighted by Crippen LogP contribution is 2.14. The lowest BCUT2D eigenvalue weighted by molar-refractivity contribution is -0.130. The maximum Gasteiger partial charge on any atom is 0.223 e. The Labute approximate surface area is 97.7 Å². The molecular formula is C12H23NO3. The monoisotopic (exact) mass is 229 g/mol. The van der Waals surface area contributed by atoms with Gasteiger partial charge in [-0.25, -0.2) is 0 Å². The lowest BCUT2D eigenvalue weighted by atomic mass is 9.95. The zero-order chi connectivity index (χ0) is 12.4. The molecule has 1 atom stereocenters. The molecule has 4 nitrogen and oxygen atoms in total. The minimum Gasteiger partial charge on any atom is -0.377 e. The number of unbranched alkanes of at least 4 members (excludes halogenated alkanes) is 2. The van der Waals surface area contributed by atoms with Crippen LogP contribution in [0.5, 0.6) is 0 Å². The van der Waals surface area contributed by atoms with Crippen LogP contribution < -0.4 is 5.32 Å². The Morgan fingerprint density at radius 1 is 1.31 bits per heavy atom. The zero-order valence-corrected chi connectivity index (χ0v) is 10.5. The quantitative estimate of drug-likeness (QED) is 0.610. The summed E-state index contributed by atoms with van der Waals surface area (Å²) in [5.41, 5.74) is 0. The van der Waals surface area contributed by atoms with Crippen LogP contribution in [-0.2, 0) is 14.3 Å². The first-order chi connectivity index (χ1) is 7.65. The first kappa shape index (κ1) is 15.1. The Hall–Kier alpha value is -0.900. The topological polar surface area (TPSA) is 55.4 Å². The van der Waals surface area contributed by atoms with Crippen molar-refractivity contribution in [3.05, 3.63) is 0 Å². The van der Waals surface area contributed by atoms with E-state index < -0.39 is 0 Å². The lowest BCUT2D eigenvalue weighted by Gasteiger charge is -2.14. The summed E-state index contributed by atoms with van der Waals surface area (Å²) in [4.78, 5) is 22.9. The highest BCUT2D eigenvalue weighted by atomic mass is 16.5. The maximum atomic E-state index is 11.5. The second-order valence-corrected chi connectivity index (χ2v) is 3.98. The predicted octanol–water partition coefficient (Wildman–Crippen LogP) is 1.53. The zero-order valence-electron chi connectivity index (χ0n) is 10.5. The minimum absolute atomic E-state index is 0.00685. The number of amides is 1. The Balaban J connectivity index is 4.09. The molecule has 0 spiro atoms. The number of hydrogen-bond acceptors (Lipinski definition) is 3. The minimum atomic E-state index is -0.195.